The van der Waals surface area contributed by atoms with E-state index in [-0.39, 0.29) is 5.91 Å². The summed E-state index contributed by atoms with van der Waals surface area (Å²) in [7, 11) is 3.43. The number of ether oxygens (including phenoxy) is 2. The van der Waals surface area contributed by atoms with Gasteiger partial charge in [0.15, 0.2) is 10.8 Å². The van der Waals surface area contributed by atoms with E-state index in [1.807, 2.05) is 6.92 Å². The van der Waals surface area contributed by atoms with Crippen molar-refractivity contribution in [1.82, 2.24) is 10.2 Å². The first-order valence-electron chi connectivity index (χ1n) is 10.2. The number of esters is 1. The number of carbonyl (C=O) groups is 2. The molecule has 0 unspecified atom stereocenters. The number of hydrogen-bond donors (Lipinski definition) is 1. The summed E-state index contributed by atoms with van der Waals surface area (Å²) in [5.74, 6) is -0.482. The number of benzene rings is 2. The van der Waals surface area contributed by atoms with Gasteiger partial charge in [0.05, 0.1) is 18.2 Å². The number of carbonyl (C=O) groups excluding carboxylic acids is 2. The van der Waals surface area contributed by atoms with Crippen molar-refractivity contribution < 1.29 is 19.1 Å². The molecule has 2 aliphatic heterocycles. The molecule has 7 nitrogen and oxygen atoms in total. The number of thiocarbonyl (C=S) groups is 1. The van der Waals surface area contributed by atoms with Crippen LogP contribution in [0.15, 0.2) is 42.5 Å². The van der Waals surface area contributed by atoms with Crippen LogP contribution in [-0.2, 0) is 9.53 Å². The molecule has 0 spiro atoms. The number of amides is 1. The van der Waals surface area contributed by atoms with E-state index >= 15 is 0 Å². The van der Waals surface area contributed by atoms with Gasteiger partial charge >= 0.3 is 5.97 Å². The summed E-state index contributed by atoms with van der Waals surface area (Å²) in [6, 6.07) is 11.8. The Morgan fingerprint density at radius 1 is 1.25 bits per heavy atom. The molecule has 2 bridgehead atoms. The predicted molar refractivity (Wildman–Crippen MR) is 126 cm³/mol. The van der Waals surface area contributed by atoms with E-state index in [1.54, 1.807) is 73.3 Å². The molecule has 1 fully saturated rings. The summed E-state index contributed by atoms with van der Waals surface area (Å²) >= 11 is 12.0. The number of nitrogens with zero attached hydrogens (tertiary/aromatic N) is 2. The average molecular weight is 474 g/mol. The van der Waals surface area contributed by atoms with Crippen LogP contribution in [0.25, 0.3) is 0 Å². The second-order valence-electron chi connectivity index (χ2n) is 8.08. The van der Waals surface area contributed by atoms with Gasteiger partial charge in [0, 0.05) is 30.4 Å². The molecular formula is C23H24ClN3O4S. The molecule has 1 amide bonds. The SMILES string of the molecule is CCOC(=O)c1ccc(N2C(=S)N[C@H]3c4cc(Cl)ccc4O[C@@]2(C)[C@H]3C(=O)N(C)C)cc1. The molecular weight excluding hydrogens is 450 g/mol. The van der Waals surface area contributed by atoms with Gasteiger partial charge in [-0.15, -0.1) is 0 Å². The third-order valence-electron chi connectivity index (χ3n) is 5.80. The second-order valence-corrected chi connectivity index (χ2v) is 8.90. The van der Waals surface area contributed by atoms with E-state index in [0.717, 1.165) is 5.56 Å². The molecule has 1 N–H and O–H groups in total. The van der Waals surface area contributed by atoms with Crippen molar-refractivity contribution >= 4 is 46.5 Å². The highest BCUT2D eigenvalue weighted by Gasteiger charge is 2.59. The zero-order valence-electron chi connectivity index (χ0n) is 18.2. The highest BCUT2D eigenvalue weighted by molar-refractivity contribution is 7.80. The lowest BCUT2D eigenvalue weighted by molar-refractivity contribution is -0.144. The van der Waals surface area contributed by atoms with Gasteiger partial charge in [-0.3, -0.25) is 9.69 Å². The van der Waals surface area contributed by atoms with Crippen molar-refractivity contribution in [2.75, 3.05) is 25.6 Å². The summed E-state index contributed by atoms with van der Waals surface area (Å²) in [5.41, 5.74) is 0.793. The van der Waals surface area contributed by atoms with E-state index in [4.69, 9.17) is 33.3 Å². The minimum atomic E-state index is -1.11. The molecule has 0 radical (unpaired) electrons. The lowest BCUT2D eigenvalue weighted by Crippen LogP contribution is -2.72. The molecule has 0 aliphatic carbocycles. The fourth-order valence-electron chi connectivity index (χ4n) is 4.36. The van der Waals surface area contributed by atoms with Crippen LogP contribution in [-0.4, -0.2) is 48.3 Å². The summed E-state index contributed by atoms with van der Waals surface area (Å²) in [5, 5.41) is 4.29. The standard InChI is InChI=1S/C23H24ClN3O4S/c1-5-30-21(29)13-6-9-15(10-7-13)27-22(32)25-19-16-12-14(24)8-11-17(16)31-23(27,2)18(19)20(28)26(3)4/h6-12,18-19H,5H2,1-4H3,(H,25,32)/t18-,19+,23+/m1/s1. The number of nitrogens with one attached hydrogen (secondary N) is 1. The second kappa shape index (κ2) is 8.26. The molecule has 2 aliphatic rings. The van der Waals surface area contributed by atoms with E-state index < -0.39 is 23.7 Å². The third-order valence-corrected chi connectivity index (χ3v) is 6.34. The lowest BCUT2D eigenvalue weighted by atomic mass is 9.78. The van der Waals surface area contributed by atoms with Crippen LogP contribution in [0.1, 0.15) is 35.8 Å². The predicted octanol–water partition coefficient (Wildman–Crippen LogP) is 3.77. The Kier molecular flexibility index (Phi) is 5.77. The summed E-state index contributed by atoms with van der Waals surface area (Å²) in [6.07, 6.45) is 0. The molecule has 0 aromatic heterocycles. The van der Waals surface area contributed by atoms with Gasteiger partial charge in [0.2, 0.25) is 5.91 Å². The first-order valence-corrected chi connectivity index (χ1v) is 11.0. The molecule has 3 atom stereocenters. The van der Waals surface area contributed by atoms with Gasteiger partial charge in [-0.1, -0.05) is 11.6 Å². The third kappa shape index (κ3) is 3.57. The molecule has 32 heavy (non-hydrogen) atoms. The van der Waals surface area contributed by atoms with Gasteiger partial charge in [0.25, 0.3) is 0 Å². The van der Waals surface area contributed by atoms with Crippen molar-refractivity contribution in [3.8, 4) is 5.75 Å². The summed E-state index contributed by atoms with van der Waals surface area (Å²) in [6.45, 7) is 3.91. The van der Waals surface area contributed by atoms with Crippen molar-refractivity contribution in [2.45, 2.75) is 25.6 Å². The zero-order valence-corrected chi connectivity index (χ0v) is 19.8. The number of fused-ring (bicyclic) bond motifs is 4. The molecule has 9 heteroatoms. The van der Waals surface area contributed by atoms with Gasteiger partial charge < -0.3 is 19.7 Å². The van der Waals surface area contributed by atoms with Gasteiger partial charge in [0.1, 0.15) is 11.7 Å². The topological polar surface area (TPSA) is 71.1 Å². The lowest BCUT2D eigenvalue weighted by Gasteiger charge is -2.56. The molecule has 4 rings (SSSR count). The molecule has 1 saturated heterocycles. The Balaban J connectivity index is 1.81. The van der Waals surface area contributed by atoms with E-state index in [2.05, 4.69) is 5.32 Å². The Morgan fingerprint density at radius 2 is 1.94 bits per heavy atom. The smallest absolute Gasteiger partial charge is 0.338 e. The minimum Gasteiger partial charge on any atom is -0.467 e. The fourth-order valence-corrected chi connectivity index (χ4v) is 4.95. The van der Waals surface area contributed by atoms with Crippen LogP contribution in [0.2, 0.25) is 5.02 Å². The Bertz CT molecular complexity index is 1090. The number of hydrogen-bond acceptors (Lipinski definition) is 5. The quantitative estimate of drug-likeness (QED) is 0.535. The molecule has 2 aromatic carbocycles. The highest BCUT2D eigenvalue weighted by atomic mass is 35.5. The molecule has 2 heterocycles. The van der Waals surface area contributed by atoms with Crippen LogP contribution < -0.4 is 15.0 Å². The van der Waals surface area contributed by atoms with Crippen molar-refractivity contribution in [3.05, 3.63) is 58.6 Å². The zero-order chi connectivity index (χ0) is 23.2. The van der Waals surface area contributed by atoms with Crippen molar-refractivity contribution in [1.29, 1.82) is 0 Å². The highest BCUT2D eigenvalue weighted by Crippen LogP contribution is 2.50. The summed E-state index contributed by atoms with van der Waals surface area (Å²) < 4.78 is 11.6. The average Bonchev–Trinajstić information content (AvgIpc) is 2.74. The fraction of sp³-hybridized carbons (Fsp3) is 0.348. The number of halogens is 1. The van der Waals surface area contributed by atoms with Crippen LogP contribution in [0.5, 0.6) is 5.75 Å². The first-order chi connectivity index (χ1) is 15.2. The Hall–Kier alpha value is -2.84. The van der Waals surface area contributed by atoms with Crippen molar-refractivity contribution in [2.24, 2.45) is 5.92 Å². The number of rotatable bonds is 4. The van der Waals surface area contributed by atoms with Crippen molar-refractivity contribution in [3.63, 3.8) is 0 Å². The largest absolute Gasteiger partial charge is 0.467 e. The van der Waals surface area contributed by atoms with Gasteiger partial charge in [-0.05, 0) is 68.5 Å². The van der Waals surface area contributed by atoms with Crippen LogP contribution in [0, 0.1) is 5.92 Å². The van der Waals surface area contributed by atoms with E-state index in [9.17, 15) is 9.59 Å². The maximum absolute atomic E-state index is 13.4. The maximum atomic E-state index is 13.4. The Morgan fingerprint density at radius 3 is 2.56 bits per heavy atom. The number of anilines is 1. The molecule has 168 valence electrons. The van der Waals surface area contributed by atoms with Crippen LogP contribution in [0.4, 0.5) is 5.69 Å². The molecule has 2 aromatic rings. The van der Waals surface area contributed by atoms with Crippen LogP contribution >= 0.6 is 23.8 Å². The monoisotopic (exact) mass is 473 g/mol. The van der Waals surface area contributed by atoms with Crippen LogP contribution in [0.3, 0.4) is 0 Å². The van der Waals surface area contributed by atoms with E-state index in [0.29, 0.717) is 33.7 Å². The normalized spacial score (nSPS) is 23.5. The minimum absolute atomic E-state index is 0.105. The maximum Gasteiger partial charge on any atom is 0.338 e. The molecule has 0 saturated carbocycles. The first kappa shape index (κ1) is 22.4. The Labute approximate surface area is 197 Å². The van der Waals surface area contributed by atoms with Gasteiger partial charge in [-0.2, -0.15) is 0 Å². The summed E-state index contributed by atoms with van der Waals surface area (Å²) in [4.78, 5) is 28.7. The van der Waals surface area contributed by atoms with Gasteiger partial charge in [-0.25, -0.2) is 4.79 Å². The van der Waals surface area contributed by atoms with E-state index in [1.165, 1.54) is 0 Å².